The Labute approximate surface area is 157 Å². The van der Waals surface area contributed by atoms with E-state index < -0.39 is 20.9 Å². The van der Waals surface area contributed by atoms with Gasteiger partial charge in [-0.15, -0.1) is 0 Å². The lowest BCUT2D eigenvalue weighted by Gasteiger charge is -2.35. The second kappa shape index (κ2) is 7.28. The summed E-state index contributed by atoms with van der Waals surface area (Å²) in [6.07, 6.45) is 5.06. The molecule has 10 heteroatoms. The standard InChI is InChI=1S/C17H22N4O5S/c1-19-10-7-18-17(19)16(22)12-5-8-20(9-6-12)14-4-3-13(27(2,25)26)11-15(14)21(23)24/h3-4,7,10-12,16,22H,5-6,8-9H2,1-2H3. The quantitative estimate of drug-likeness (QED) is 0.605. The van der Waals surface area contributed by atoms with Gasteiger partial charge < -0.3 is 14.6 Å². The van der Waals surface area contributed by atoms with Crippen molar-refractivity contribution >= 4 is 21.2 Å². The predicted octanol–water partition coefficient (Wildman–Crippen LogP) is 1.68. The summed E-state index contributed by atoms with van der Waals surface area (Å²) < 4.78 is 25.1. The van der Waals surface area contributed by atoms with Gasteiger partial charge in [0.25, 0.3) is 5.69 Å². The van der Waals surface area contributed by atoms with E-state index in [1.807, 2.05) is 11.9 Å². The van der Waals surface area contributed by atoms with E-state index in [0.29, 0.717) is 37.4 Å². The van der Waals surface area contributed by atoms with Crippen molar-refractivity contribution in [2.45, 2.75) is 23.8 Å². The molecule has 1 aliphatic rings. The monoisotopic (exact) mass is 394 g/mol. The Morgan fingerprint density at radius 3 is 2.52 bits per heavy atom. The second-order valence-electron chi connectivity index (χ2n) is 6.85. The largest absolute Gasteiger partial charge is 0.385 e. The highest BCUT2D eigenvalue weighted by Gasteiger charge is 2.31. The van der Waals surface area contributed by atoms with Crippen molar-refractivity contribution in [1.29, 1.82) is 0 Å². The number of sulfone groups is 1. The van der Waals surface area contributed by atoms with Crippen molar-refractivity contribution in [3.63, 3.8) is 0 Å². The van der Waals surface area contributed by atoms with Crippen LogP contribution < -0.4 is 4.90 Å². The molecule has 0 amide bonds. The van der Waals surface area contributed by atoms with Crippen LogP contribution in [0.15, 0.2) is 35.5 Å². The number of aryl methyl sites for hydroxylation is 1. The molecular weight excluding hydrogens is 372 g/mol. The average molecular weight is 394 g/mol. The first-order chi connectivity index (χ1) is 12.7. The predicted molar refractivity (Wildman–Crippen MR) is 99.3 cm³/mol. The number of nitro benzene ring substituents is 1. The molecule has 2 aromatic rings. The van der Waals surface area contributed by atoms with Crippen LogP contribution in [0.3, 0.4) is 0 Å². The van der Waals surface area contributed by atoms with Crippen molar-refractivity contribution in [3.8, 4) is 0 Å². The molecule has 27 heavy (non-hydrogen) atoms. The Bertz CT molecular complexity index is 948. The fraction of sp³-hybridized carbons (Fsp3) is 0.471. The molecule has 2 heterocycles. The van der Waals surface area contributed by atoms with Crippen LogP contribution in [0.25, 0.3) is 0 Å². The summed E-state index contributed by atoms with van der Waals surface area (Å²) in [7, 11) is -1.69. The number of nitrogens with zero attached hydrogens (tertiary/aromatic N) is 4. The van der Waals surface area contributed by atoms with E-state index in [9.17, 15) is 23.6 Å². The van der Waals surface area contributed by atoms with Crippen molar-refractivity contribution in [1.82, 2.24) is 9.55 Å². The maximum absolute atomic E-state index is 11.7. The number of piperidine rings is 1. The highest BCUT2D eigenvalue weighted by atomic mass is 32.2. The van der Waals surface area contributed by atoms with Crippen molar-refractivity contribution in [2.75, 3.05) is 24.2 Å². The van der Waals surface area contributed by atoms with Gasteiger partial charge in [-0.3, -0.25) is 10.1 Å². The fourth-order valence-corrected chi connectivity index (χ4v) is 4.12. The lowest BCUT2D eigenvalue weighted by atomic mass is 9.90. The van der Waals surface area contributed by atoms with E-state index in [0.717, 1.165) is 12.3 Å². The van der Waals surface area contributed by atoms with Gasteiger partial charge in [-0.1, -0.05) is 0 Å². The third-order valence-electron chi connectivity index (χ3n) is 5.02. The summed E-state index contributed by atoms with van der Waals surface area (Å²) in [6.45, 7) is 1.07. The van der Waals surface area contributed by atoms with Crippen LogP contribution in [0.2, 0.25) is 0 Å². The summed E-state index contributed by atoms with van der Waals surface area (Å²) in [6, 6.07) is 4.00. The molecule has 1 saturated heterocycles. The Kier molecular flexibility index (Phi) is 5.20. The van der Waals surface area contributed by atoms with Crippen LogP contribution in [-0.4, -0.2) is 47.3 Å². The minimum atomic E-state index is -3.52. The minimum Gasteiger partial charge on any atom is -0.385 e. The van der Waals surface area contributed by atoms with E-state index in [1.165, 1.54) is 12.1 Å². The number of imidazole rings is 1. The zero-order valence-corrected chi connectivity index (χ0v) is 16.0. The van der Waals surface area contributed by atoms with Gasteiger partial charge in [-0.25, -0.2) is 13.4 Å². The molecule has 0 bridgehead atoms. The number of aromatic nitrogens is 2. The van der Waals surface area contributed by atoms with Crippen LogP contribution in [0.1, 0.15) is 24.8 Å². The third-order valence-corrected chi connectivity index (χ3v) is 6.13. The average Bonchev–Trinajstić information content (AvgIpc) is 3.06. The number of aliphatic hydroxyl groups is 1. The lowest BCUT2D eigenvalue weighted by molar-refractivity contribution is -0.384. The number of benzene rings is 1. The second-order valence-corrected chi connectivity index (χ2v) is 8.86. The van der Waals surface area contributed by atoms with Gasteiger partial charge in [-0.2, -0.15) is 0 Å². The van der Waals surface area contributed by atoms with Crippen molar-refractivity contribution in [2.24, 2.45) is 13.0 Å². The van der Waals surface area contributed by atoms with Crippen LogP contribution >= 0.6 is 0 Å². The normalized spacial score (nSPS) is 17.1. The Morgan fingerprint density at radius 1 is 1.33 bits per heavy atom. The summed E-state index contributed by atoms with van der Waals surface area (Å²) >= 11 is 0. The van der Waals surface area contributed by atoms with E-state index >= 15 is 0 Å². The molecule has 146 valence electrons. The zero-order valence-electron chi connectivity index (χ0n) is 15.1. The Hall–Kier alpha value is -2.46. The molecule has 1 atom stereocenters. The van der Waals surface area contributed by atoms with Crippen LogP contribution in [0.4, 0.5) is 11.4 Å². The van der Waals surface area contributed by atoms with Crippen LogP contribution in [-0.2, 0) is 16.9 Å². The third kappa shape index (κ3) is 3.96. The van der Waals surface area contributed by atoms with Gasteiger partial charge >= 0.3 is 0 Å². The SMILES string of the molecule is Cn1ccnc1C(O)C1CCN(c2ccc(S(C)(=O)=O)cc2[N+](=O)[O-])CC1. The van der Waals surface area contributed by atoms with Crippen LogP contribution in [0, 0.1) is 16.0 Å². The van der Waals surface area contributed by atoms with Gasteiger partial charge in [0.2, 0.25) is 0 Å². The van der Waals surface area contributed by atoms with Gasteiger partial charge in [0.1, 0.15) is 17.6 Å². The molecule has 0 radical (unpaired) electrons. The molecule has 0 saturated carbocycles. The summed E-state index contributed by atoms with van der Waals surface area (Å²) in [5, 5.41) is 22.0. The first-order valence-electron chi connectivity index (χ1n) is 8.57. The number of anilines is 1. The number of nitro groups is 1. The number of aliphatic hydroxyl groups excluding tert-OH is 1. The first kappa shape index (κ1) is 19.3. The molecule has 1 aromatic heterocycles. The van der Waals surface area contributed by atoms with Gasteiger partial charge in [0.15, 0.2) is 9.84 Å². The highest BCUT2D eigenvalue weighted by Crippen LogP contribution is 2.36. The van der Waals surface area contributed by atoms with Gasteiger partial charge in [0.05, 0.1) is 9.82 Å². The lowest BCUT2D eigenvalue weighted by Crippen LogP contribution is -2.36. The maximum Gasteiger partial charge on any atom is 0.293 e. The van der Waals surface area contributed by atoms with E-state index in [2.05, 4.69) is 4.98 Å². The van der Waals surface area contributed by atoms with E-state index in [-0.39, 0.29) is 16.5 Å². The highest BCUT2D eigenvalue weighted by molar-refractivity contribution is 7.90. The van der Waals surface area contributed by atoms with Gasteiger partial charge in [0, 0.05) is 44.9 Å². The molecule has 9 nitrogen and oxygen atoms in total. The maximum atomic E-state index is 11.7. The Balaban J connectivity index is 1.78. The summed E-state index contributed by atoms with van der Waals surface area (Å²) in [4.78, 5) is 16.9. The molecule has 0 spiro atoms. The molecule has 1 N–H and O–H groups in total. The number of hydrogen-bond acceptors (Lipinski definition) is 7. The number of rotatable bonds is 5. The molecule has 1 fully saturated rings. The smallest absolute Gasteiger partial charge is 0.293 e. The molecule has 3 rings (SSSR count). The van der Waals surface area contributed by atoms with E-state index in [4.69, 9.17) is 0 Å². The Morgan fingerprint density at radius 2 is 2.00 bits per heavy atom. The van der Waals surface area contributed by atoms with Gasteiger partial charge in [-0.05, 0) is 30.9 Å². The molecule has 1 aliphatic heterocycles. The molecule has 0 aliphatic carbocycles. The van der Waals surface area contributed by atoms with Crippen LogP contribution in [0.5, 0.6) is 0 Å². The molecule has 1 aromatic carbocycles. The van der Waals surface area contributed by atoms with Crippen molar-refractivity contribution in [3.05, 3.63) is 46.5 Å². The topological polar surface area (TPSA) is 119 Å². The van der Waals surface area contributed by atoms with E-state index in [1.54, 1.807) is 17.0 Å². The minimum absolute atomic E-state index is 0.0108. The number of hydrogen-bond donors (Lipinski definition) is 1. The first-order valence-corrected chi connectivity index (χ1v) is 10.5. The van der Waals surface area contributed by atoms with Crippen molar-refractivity contribution < 1.29 is 18.4 Å². The fourth-order valence-electron chi connectivity index (χ4n) is 3.48. The molecular formula is C17H22N4O5S. The molecule has 1 unspecified atom stereocenters. The zero-order chi connectivity index (χ0) is 19.8. The summed E-state index contributed by atoms with van der Waals surface area (Å²) in [5.41, 5.74) is 0.179. The summed E-state index contributed by atoms with van der Waals surface area (Å²) in [5.74, 6) is 0.619.